The zero-order valence-corrected chi connectivity index (χ0v) is 6.79. The quantitative estimate of drug-likeness (QED) is 0.537. The van der Waals surface area contributed by atoms with Gasteiger partial charge in [0.05, 0.1) is 6.04 Å². The lowest BCUT2D eigenvalue weighted by atomic mass is 9.93. The van der Waals surface area contributed by atoms with Crippen LogP contribution in [0.5, 0.6) is 0 Å². The fourth-order valence-corrected chi connectivity index (χ4v) is 1.45. The Morgan fingerprint density at radius 2 is 2.27 bits per heavy atom. The minimum Gasteiger partial charge on any atom is -0.368 e. The predicted molar refractivity (Wildman–Crippen MR) is 42.8 cm³/mol. The smallest absolute Gasteiger partial charge is 0.234 e. The fraction of sp³-hybridized carbons (Fsp3) is 0.857. The molecule has 11 heavy (non-hydrogen) atoms. The van der Waals surface area contributed by atoms with Gasteiger partial charge in [0, 0.05) is 13.1 Å². The maximum Gasteiger partial charge on any atom is 0.234 e. The second kappa shape index (κ2) is 3.19. The van der Waals surface area contributed by atoms with Crippen LogP contribution in [-0.4, -0.2) is 37.0 Å². The highest BCUT2D eigenvalue weighted by atomic mass is 16.1. The molecule has 1 atom stereocenters. The van der Waals surface area contributed by atoms with Gasteiger partial charge in [0.2, 0.25) is 5.91 Å². The molecule has 1 rings (SSSR count). The van der Waals surface area contributed by atoms with Gasteiger partial charge in [0.1, 0.15) is 0 Å². The third-order valence-corrected chi connectivity index (χ3v) is 2.09. The number of nitrogens with two attached hydrogens (primary N) is 2. The number of rotatable bonds is 3. The third kappa shape index (κ3) is 2.17. The SMILES string of the molecule is CN1CC(CC(N)C(N)=O)C1. The maximum absolute atomic E-state index is 10.5. The van der Waals surface area contributed by atoms with Gasteiger partial charge in [-0.05, 0) is 19.4 Å². The highest BCUT2D eigenvalue weighted by molar-refractivity contribution is 5.79. The second-order valence-corrected chi connectivity index (χ2v) is 3.33. The van der Waals surface area contributed by atoms with Crippen LogP contribution in [0.2, 0.25) is 0 Å². The minimum absolute atomic E-state index is 0.389. The van der Waals surface area contributed by atoms with Crippen LogP contribution in [0.25, 0.3) is 0 Å². The highest BCUT2D eigenvalue weighted by Gasteiger charge is 2.26. The molecule has 0 aliphatic carbocycles. The van der Waals surface area contributed by atoms with Crippen molar-refractivity contribution in [2.75, 3.05) is 20.1 Å². The lowest BCUT2D eigenvalue weighted by molar-refractivity contribution is -0.119. The van der Waals surface area contributed by atoms with Crippen molar-refractivity contribution in [1.82, 2.24) is 4.90 Å². The Morgan fingerprint density at radius 3 is 2.64 bits per heavy atom. The molecule has 0 aromatic carbocycles. The number of carbonyl (C=O) groups is 1. The van der Waals surface area contributed by atoms with Crippen LogP contribution in [-0.2, 0) is 4.79 Å². The highest BCUT2D eigenvalue weighted by Crippen LogP contribution is 2.17. The van der Waals surface area contributed by atoms with Crippen LogP contribution >= 0.6 is 0 Å². The van der Waals surface area contributed by atoms with Crippen LogP contribution < -0.4 is 11.5 Å². The first kappa shape index (κ1) is 8.49. The Labute approximate surface area is 66.5 Å². The molecule has 1 fully saturated rings. The molecular weight excluding hydrogens is 142 g/mol. The summed E-state index contributed by atoms with van der Waals surface area (Å²) in [7, 11) is 2.05. The first-order valence-electron chi connectivity index (χ1n) is 3.83. The molecule has 0 bridgehead atoms. The van der Waals surface area contributed by atoms with Gasteiger partial charge >= 0.3 is 0 Å². The number of hydrogen-bond donors (Lipinski definition) is 2. The van der Waals surface area contributed by atoms with E-state index in [2.05, 4.69) is 4.90 Å². The predicted octanol–water partition coefficient (Wildman–Crippen LogP) is -1.25. The van der Waals surface area contributed by atoms with Gasteiger partial charge < -0.3 is 16.4 Å². The Balaban J connectivity index is 2.16. The van der Waals surface area contributed by atoms with E-state index in [4.69, 9.17) is 11.5 Å². The van der Waals surface area contributed by atoms with Crippen molar-refractivity contribution < 1.29 is 4.79 Å². The average molecular weight is 157 g/mol. The van der Waals surface area contributed by atoms with Crippen molar-refractivity contribution in [3.8, 4) is 0 Å². The molecule has 0 aromatic rings. The van der Waals surface area contributed by atoms with Crippen molar-refractivity contribution in [1.29, 1.82) is 0 Å². The summed E-state index contributed by atoms with van der Waals surface area (Å²) in [4.78, 5) is 12.7. The summed E-state index contributed by atoms with van der Waals surface area (Å²) >= 11 is 0. The molecule has 4 N–H and O–H groups in total. The van der Waals surface area contributed by atoms with Gasteiger partial charge in [0.15, 0.2) is 0 Å². The third-order valence-electron chi connectivity index (χ3n) is 2.09. The molecule has 0 spiro atoms. The van der Waals surface area contributed by atoms with Crippen LogP contribution in [0.1, 0.15) is 6.42 Å². The van der Waals surface area contributed by atoms with Crippen LogP contribution in [0.15, 0.2) is 0 Å². The molecular formula is C7H15N3O. The molecule has 1 heterocycles. The van der Waals surface area contributed by atoms with Gasteiger partial charge in [-0.2, -0.15) is 0 Å². The zero-order valence-electron chi connectivity index (χ0n) is 6.79. The van der Waals surface area contributed by atoms with Crippen molar-refractivity contribution in [2.45, 2.75) is 12.5 Å². The van der Waals surface area contributed by atoms with E-state index in [1.165, 1.54) is 0 Å². The van der Waals surface area contributed by atoms with E-state index >= 15 is 0 Å². The molecule has 1 aliphatic heterocycles. The number of amides is 1. The number of primary amides is 1. The van der Waals surface area contributed by atoms with E-state index in [-0.39, 0.29) is 5.91 Å². The average Bonchev–Trinajstić information content (AvgIpc) is 1.84. The second-order valence-electron chi connectivity index (χ2n) is 3.33. The summed E-state index contributed by atoms with van der Waals surface area (Å²) < 4.78 is 0. The van der Waals surface area contributed by atoms with Crippen molar-refractivity contribution >= 4 is 5.91 Å². The number of hydrogen-bond acceptors (Lipinski definition) is 3. The first-order chi connectivity index (χ1) is 5.09. The number of carbonyl (C=O) groups excluding carboxylic acids is 1. The lowest BCUT2D eigenvalue weighted by Gasteiger charge is -2.37. The van der Waals surface area contributed by atoms with Gasteiger partial charge in [-0.15, -0.1) is 0 Å². The molecule has 1 unspecified atom stereocenters. The summed E-state index contributed by atoms with van der Waals surface area (Å²) in [6.07, 6.45) is 0.736. The van der Waals surface area contributed by atoms with E-state index in [9.17, 15) is 4.79 Å². The van der Waals surface area contributed by atoms with Gasteiger partial charge in [-0.1, -0.05) is 0 Å². The van der Waals surface area contributed by atoms with Crippen LogP contribution in [0, 0.1) is 5.92 Å². The van der Waals surface area contributed by atoms with E-state index in [1.54, 1.807) is 0 Å². The van der Waals surface area contributed by atoms with E-state index < -0.39 is 6.04 Å². The molecule has 64 valence electrons. The number of nitrogens with zero attached hydrogens (tertiary/aromatic N) is 1. The Kier molecular flexibility index (Phi) is 2.46. The molecule has 0 saturated carbocycles. The molecule has 1 saturated heterocycles. The summed E-state index contributed by atoms with van der Waals surface area (Å²) in [6, 6.07) is -0.450. The summed E-state index contributed by atoms with van der Waals surface area (Å²) in [6.45, 7) is 2.09. The zero-order chi connectivity index (χ0) is 8.43. The van der Waals surface area contributed by atoms with E-state index in [0.29, 0.717) is 5.92 Å². The molecule has 0 aromatic heterocycles. The van der Waals surface area contributed by atoms with E-state index in [1.807, 2.05) is 7.05 Å². The lowest BCUT2D eigenvalue weighted by Crippen LogP contribution is -2.48. The monoisotopic (exact) mass is 157 g/mol. The minimum atomic E-state index is -0.450. The Morgan fingerprint density at radius 1 is 1.73 bits per heavy atom. The molecule has 0 radical (unpaired) electrons. The fourth-order valence-electron chi connectivity index (χ4n) is 1.45. The van der Waals surface area contributed by atoms with Gasteiger partial charge in [0.25, 0.3) is 0 Å². The molecule has 1 amide bonds. The van der Waals surface area contributed by atoms with Crippen LogP contribution in [0.3, 0.4) is 0 Å². The van der Waals surface area contributed by atoms with Gasteiger partial charge in [-0.25, -0.2) is 0 Å². The normalized spacial score (nSPS) is 22.7. The number of likely N-dealkylation sites (tertiary alicyclic amines) is 1. The van der Waals surface area contributed by atoms with Crippen LogP contribution in [0.4, 0.5) is 0 Å². The molecule has 4 nitrogen and oxygen atoms in total. The summed E-state index contributed by atoms with van der Waals surface area (Å²) in [5, 5.41) is 0. The largest absolute Gasteiger partial charge is 0.368 e. The maximum atomic E-state index is 10.5. The summed E-state index contributed by atoms with van der Waals surface area (Å²) in [5.74, 6) is 0.182. The van der Waals surface area contributed by atoms with Crippen molar-refractivity contribution in [2.24, 2.45) is 17.4 Å². The van der Waals surface area contributed by atoms with Gasteiger partial charge in [-0.3, -0.25) is 4.79 Å². The molecule has 4 heteroatoms. The first-order valence-corrected chi connectivity index (χ1v) is 3.83. The standard InChI is InChI=1S/C7H15N3O/c1-10-3-5(4-10)2-6(8)7(9)11/h5-6H,2-4,8H2,1H3,(H2,9,11). The Hall–Kier alpha value is -0.610. The van der Waals surface area contributed by atoms with E-state index in [0.717, 1.165) is 19.5 Å². The summed E-state index contributed by atoms with van der Waals surface area (Å²) in [5.41, 5.74) is 10.5. The topological polar surface area (TPSA) is 72.3 Å². The van der Waals surface area contributed by atoms with Crippen molar-refractivity contribution in [3.63, 3.8) is 0 Å². The van der Waals surface area contributed by atoms with Crippen molar-refractivity contribution in [3.05, 3.63) is 0 Å². The molecule has 1 aliphatic rings. The Bertz CT molecular complexity index is 154.